The molecular formula is C18H29IN4. The van der Waals surface area contributed by atoms with Gasteiger partial charge in [0.25, 0.3) is 0 Å². The minimum Gasteiger partial charge on any atom is -0.354 e. The van der Waals surface area contributed by atoms with Crippen molar-refractivity contribution in [1.82, 2.24) is 15.6 Å². The third-order valence-electron chi connectivity index (χ3n) is 5.40. The number of nitrogens with zero attached hydrogens (tertiary/aromatic N) is 2. The van der Waals surface area contributed by atoms with E-state index in [1.807, 2.05) is 19.3 Å². The molecule has 0 amide bonds. The third kappa shape index (κ3) is 4.81. The molecule has 3 unspecified atom stereocenters. The van der Waals surface area contributed by atoms with Gasteiger partial charge in [0.1, 0.15) is 0 Å². The molecule has 3 rings (SSSR count). The number of fused-ring (bicyclic) bond motifs is 1. The molecule has 2 aliphatic rings. The first-order valence-corrected chi connectivity index (χ1v) is 8.64. The fraction of sp³-hybridized carbons (Fsp3) is 0.667. The molecule has 1 heterocycles. The van der Waals surface area contributed by atoms with Crippen LogP contribution in [0.1, 0.15) is 49.8 Å². The summed E-state index contributed by atoms with van der Waals surface area (Å²) in [6.07, 6.45) is 10.2. The summed E-state index contributed by atoms with van der Waals surface area (Å²) in [5.74, 6) is 2.86. The average molecular weight is 428 g/mol. The van der Waals surface area contributed by atoms with E-state index in [0.29, 0.717) is 6.04 Å². The van der Waals surface area contributed by atoms with Crippen molar-refractivity contribution in [3.8, 4) is 0 Å². The van der Waals surface area contributed by atoms with Crippen molar-refractivity contribution in [2.24, 2.45) is 16.8 Å². The average Bonchev–Trinajstić information content (AvgIpc) is 3.00. The monoisotopic (exact) mass is 428 g/mol. The summed E-state index contributed by atoms with van der Waals surface area (Å²) < 4.78 is 0. The van der Waals surface area contributed by atoms with Crippen molar-refractivity contribution in [2.75, 3.05) is 7.05 Å². The Balaban J connectivity index is 0.00000192. The zero-order chi connectivity index (χ0) is 15.4. The van der Waals surface area contributed by atoms with Crippen LogP contribution in [-0.4, -0.2) is 24.0 Å². The summed E-state index contributed by atoms with van der Waals surface area (Å²) in [5.41, 5.74) is 2.31. The highest BCUT2D eigenvalue weighted by Gasteiger charge is 2.33. The lowest BCUT2D eigenvalue weighted by Crippen LogP contribution is -2.45. The Morgan fingerprint density at radius 1 is 1.26 bits per heavy atom. The number of hydrogen-bond acceptors (Lipinski definition) is 2. The molecule has 3 atom stereocenters. The van der Waals surface area contributed by atoms with E-state index in [0.717, 1.165) is 30.0 Å². The Bertz CT molecular complexity index is 532. The van der Waals surface area contributed by atoms with Crippen molar-refractivity contribution in [3.05, 3.63) is 29.6 Å². The Morgan fingerprint density at radius 2 is 2.09 bits per heavy atom. The minimum atomic E-state index is 0. The van der Waals surface area contributed by atoms with Gasteiger partial charge in [0, 0.05) is 19.3 Å². The van der Waals surface area contributed by atoms with E-state index < -0.39 is 0 Å². The van der Waals surface area contributed by atoms with Gasteiger partial charge in [0.05, 0.1) is 12.2 Å². The lowest BCUT2D eigenvalue weighted by atomic mass is 9.79. The molecule has 0 saturated heterocycles. The fourth-order valence-corrected chi connectivity index (χ4v) is 4.09. The standard InChI is InChI=1S/C18H28N4.HI/c1-13-5-4-10-20-17(13)12-21-18(19-2)22-16-9-8-14-6-3-7-15(14)11-16;/h4-5,10,14-16H,3,6-9,11-12H2,1-2H3,(H2,19,21,22);1H. The Morgan fingerprint density at radius 3 is 2.87 bits per heavy atom. The second-order valence-corrected chi connectivity index (χ2v) is 6.80. The predicted molar refractivity (Wildman–Crippen MR) is 106 cm³/mol. The summed E-state index contributed by atoms with van der Waals surface area (Å²) in [4.78, 5) is 8.81. The predicted octanol–water partition coefficient (Wildman–Crippen LogP) is 3.64. The van der Waals surface area contributed by atoms with Crippen LogP contribution >= 0.6 is 24.0 Å². The number of rotatable bonds is 3. The van der Waals surface area contributed by atoms with Crippen molar-refractivity contribution < 1.29 is 0 Å². The van der Waals surface area contributed by atoms with Crippen LogP contribution in [0.3, 0.4) is 0 Å². The van der Waals surface area contributed by atoms with Crippen LogP contribution in [-0.2, 0) is 6.54 Å². The van der Waals surface area contributed by atoms with Gasteiger partial charge in [0.15, 0.2) is 5.96 Å². The molecule has 2 fully saturated rings. The third-order valence-corrected chi connectivity index (χ3v) is 5.40. The van der Waals surface area contributed by atoms with E-state index in [1.54, 1.807) is 0 Å². The molecule has 0 aliphatic heterocycles. The zero-order valence-electron chi connectivity index (χ0n) is 14.2. The Hall–Kier alpha value is -0.850. The Labute approximate surface area is 157 Å². The maximum Gasteiger partial charge on any atom is 0.191 e. The maximum atomic E-state index is 4.43. The molecule has 0 radical (unpaired) electrons. The van der Waals surface area contributed by atoms with Gasteiger partial charge in [-0.2, -0.15) is 0 Å². The molecule has 0 bridgehead atoms. The molecule has 4 nitrogen and oxygen atoms in total. The van der Waals surface area contributed by atoms with Crippen LogP contribution in [0.2, 0.25) is 0 Å². The molecule has 1 aromatic heterocycles. The van der Waals surface area contributed by atoms with Gasteiger partial charge in [-0.15, -0.1) is 24.0 Å². The molecule has 0 aromatic carbocycles. The second kappa shape index (κ2) is 8.85. The molecule has 2 N–H and O–H groups in total. The van der Waals surface area contributed by atoms with Crippen LogP contribution in [0.15, 0.2) is 23.3 Å². The number of aromatic nitrogens is 1. The normalized spacial score (nSPS) is 27.0. The van der Waals surface area contributed by atoms with Gasteiger partial charge in [-0.25, -0.2) is 0 Å². The number of aliphatic imine (C=N–C) groups is 1. The van der Waals surface area contributed by atoms with Gasteiger partial charge in [-0.3, -0.25) is 9.98 Å². The van der Waals surface area contributed by atoms with Crippen molar-refractivity contribution in [2.45, 2.75) is 58.0 Å². The molecule has 2 aliphatic carbocycles. The highest BCUT2D eigenvalue weighted by molar-refractivity contribution is 14.0. The quantitative estimate of drug-likeness (QED) is 0.439. The molecule has 0 spiro atoms. The largest absolute Gasteiger partial charge is 0.354 e. The van der Waals surface area contributed by atoms with Crippen molar-refractivity contribution in [1.29, 1.82) is 0 Å². The number of pyridine rings is 1. The molecule has 5 heteroatoms. The summed E-state index contributed by atoms with van der Waals surface area (Å²) >= 11 is 0. The molecule has 2 saturated carbocycles. The second-order valence-electron chi connectivity index (χ2n) is 6.80. The van der Waals surface area contributed by atoms with Gasteiger partial charge >= 0.3 is 0 Å². The number of hydrogen-bond donors (Lipinski definition) is 2. The lowest BCUT2D eigenvalue weighted by molar-refractivity contribution is 0.239. The maximum absolute atomic E-state index is 4.43. The topological polar surface area (TPSA) is 49.3 Å². The smallest absolute Gasteiger partial charge is 0.191 e. The molecule has 23 heavy (non-hydrogen) atoms. The van der Waals surface area contributed by atoms with Gasteiger partial charge in [0.2, 0.25) is 0 Å². The summed E-state index contributed by atoms with van der Waals surface area (Å²) in [5, 5.41) is 7.03. The van der Waals surface area contributed by atoms with Crippen LogP contribution < -0.4 is 10.6 Å². The van der Waals surface area contributed by atoms with Gasteiger partial charge in [-0.05, 0) is 49.7 Å². The first-order valence-electron chi connectivity index (χ1n) is 8.64. The Kier molecular flexibility index (Phi) is 7.11. The zero-order valence-corrected chi connectivity index (χ0v) is 16.5. The fourth-order valence-electron chi connectivity index (χ4n) is 4.09. The van der Waals surface area contributed by atoms with Crippen LogP contribution in [0.5, 0.6) is 0 Å². The first-order chi connectivity index (χ1) is 10.8. The summed E-state index contributed by atoms with van der Waals surface area (Å²) in [7, 11) is 1.85. The van der Waals surface area contributed by atoms with Crippen molar-refractivity contribution in [3.63, 3.8) is 0 Å². The number of halogens is 1. The molecule has 128 valence electrons. The van der Waals surface area contributed by atoms with E-state index in [-0.39, 0.29) is 24.0 Å². The SMILES string of the molecule is CN=C(NCc1ncccc1C)NC1CCC2CCCC2C1.I. The lowest BCUT2D eigenvalue weighted by Gasteiger charge is -2.33. The van der Waals surface area contributed by atoms with Gasteiger partial charge in [-0.1, -0.05) is 25.3 Å². The van der Waals surface area contributed by atoms with Crippen molar-refractivity contribution >= 4 is 29.9 Å². The number of aryl methyl sites for hydroxylation is 1. The van der Waals surface area contributed by atoms with E-state index in [1.165, 1.54) is 44.1 Å². The van der Waals surface area contributed by atoms with E-state index in [9.17, 15) is 0 Å². The highest BCUT2D eigenvalue weighted by atomic mass is 127. The first kappa shape index (κ1) is 18.5. The van der Waals surface area contributed by atoms with Crippen LogP contribution in [0, 0.1) is 18.8 Å². The summed E-state index contributed by atoms with van der Waals surface area (Å²) in [6, 6.07) is 4.66. The molecule has 1 aromatic rings. The highest BCUT2D eigenvalue weighted by Crippen LogP contribution is 2.41. The van der Waals surface area contributed by atoms with Crippen LogP contribution in [0.4, 0.5) is 0 Å². The summed E-state index contributed by atoms with van der Waals surface area (Å²) in [6.45, 7) is 2.83. The van der Waals surface area contributed by atoms with E-state index in [2.05, 4.69) is 33.6 Å². The number of guanidine groups is 1. The van der Waals surface area contributed by atoms with Gasteiger partial charge < -0.3 is 10.6 Å². The minimum absolute atomic E-state index is 0. The molecular weight excluding hydrogens is 399 g/mol. The van der Waals surface area contributed by atoms with E-state index in [4.69, 9.17) is 0 Å². The van der Waals surface area contributed by atoms with Crippen LogP contribution in [0.25, 0.3) is 0 Å². The number of nitrogens with one attached hydrogen (secondary N) is 2. The van der Waals surface area contributed by atoms with E-state index >= 15 is 0 Å².